The molecule has 0 aliphatic carbocycles. The van der Waals surface area contributed by atoms with Crippen molar-refractivity contribution >= 4 is 38.1 Å². The van der Waals surface area contributed by atoms with Gasteiger partial charge >= 0.3 is 0 Å². The fraction of sp³-hybridized carbons (Fsp3) is 0.344. The number of thiazole rings is 1. The van der Waals surface area contributed by atoms with Gasteiger partial charge in [0.15, 0.2) is 5.13 Å². The number of rotatable bonds is 10. The summed E-state index contributed by atoms with van der Waals surface area (Å²) in [6.45, 7) is 7.83. The third kappa shape index (κ3) is 6.67. The summed E-state index contributed by atoms with van der Waals surface area (Å²) in [5.41, 5.74) is 2.66. The first-order valence-corrected chi connectivity index (χ1v) is 16.7. The summed E-state index contributed by atoms with van der Waals surface area (Å²) >= 11 is 7.69. The Morgan fingerprint density at radius 2 is 1.84 bits per heavy atom. The van der Waals surface area contributed by atoms with E-state index in [9.17, 15) is 8.42 Å². The Labute approximate surface area is 261 Å². The van der Waals surface area contributed by atoms with Gasteiger partial charge < -0.3 is 9.47 Å². The molecule has 0 saturated carbocycles. The normalized spacial score (nSPS) is 14.9. The van der Waals surface area contributed by atoms with E-state index in [2.05, 4.69) is 35.9 Å². The van der Waals surface area contributed by atoms with Crippen LogP contribution in [0.4, 0.5) is 9.52 Å². The number of halogens is 2. The minimum Gasteiger partial charge on any atom is -0.497 e. The van der Waals surface area contributed by atoms with Gasteiger partial charge in [-0.15, -0.1) is 11.3 Å². The van der Waals surface area contributed by atoms with Gasteiger partial charge in [-0.3, -0.25) is 4.90 Å². The van der Waals surface area contributed by atoms with Crippen LogP contribution in [0.15, 0.2) is 77.1 Å². The van der Waals surface area contributed by atoms with Crippen molar-refractivity contribution in [3.05, 3.63) is 99.8 Å². The van der Waals surface area contributed by atoms with Crippen LogP contribution >= 0.6 is 22.9 Å². The molecule has 0 radical (unpaired) electrons. The molecule has 4 aromatic rings. The molecule has 0 amide bonds. The summed E-state index contributed by atoms with van der Waals surface area (Å²) in [5.74, 6) is -0.148. The van der Waals surface area contributed by atoms with Crippen LogP contribution in [0.25, 0.3) is 0 Å². The van der Waals surface area contributed by atoms with Crippen molar-refractivity contribution in [2.75, 3.05) is 24.5 Å². The molecule has 7 nitrogen and oxygen atoms in total. The number of sulfonamides is 1. The second kappa shape index (κ2) is 12.8. The zero-order valence-electron chi connectivity index (χ0n) is 24.6. The first kappa shape index (κ1) is 31.3. The molecule has 1 fully saturated rings. The number of piperidine rings is 1. The summed E-state index contributed by atoms with van der Waals surface area (Å²) in [7, 11) is -2.81. The summed E-state index contributed by atoms with van der Waals surface area (Å²) in [6.07, 6.45) is 2.79. The second-order valence-electron chi connectivity index (χ2n) is 11.1. The highest BCUT2D eigenvalue weighted by molar-refractivity contribution is 7.93. The van der Waals surface area contributed by atoms with Crippen molar-refractivity contribution in [2.24, 2.45) is 0 Å². The Hall–Kier alpha value is -3.18. The summed E-state index contributed by atoms with van der Waals surface area (Å²) < 4.78 is 56.0. The lowest BCUT2D eigenvalue weighted by atomic mass is 9.90. The molecule has 43 heavy (non-hydrogen) atoms. The first-order chi connectivity index (χ1) is 20.5. The zero-order valence-corrected chi connectivity index (χ0v) is 27.0. The van der Waals surface area contributed by atoms with Crippen LogP contribution in [0.3, 0.4) is 0 Å². The van der Waals surface area contributed by atoms with Crippen LogP contribution in [-0.2, 0) is 22.1 Å². The quantitative estimate of drug-likeness (QED) is 0.179. The van der Waals surface area contributed by atoms with Gasteiger partial charge in [0.1, 0.15) is 28.3 Å². The number of benzene rings is 3. The molecule has 0 unspecified atom stereocenters. The van der Waals surface area contributed by atoms with Crippen LogP contribution < -0.4 is 13.8 Å². The number of anilines is 1. The van der Waals surface area contributed by atoms with Crippen LogP contribution in [0, 0.1) is 12.7 Å². The second-order valence-corrected chi connectivity index (χ2v) is 14.2. The van der Waals surface area contributed by atoms with E-state index in [1.54, 1.807) is 24.6 Å². The van der Waals surface area contributed by atoms with E-state index in [1.165, 1.54) is 11.8 Å². The van der Waals surface area contributed by atoms with Gasteiger partial charge in [0.2, 0.25) is 0 Å². The van der Waals surface area contributed by atoms with Gasteiger partial charge in [0.05, 0.1) is 18.7 Å². The Morgan fingerprint density at radius 1 is 1.12 bits per heavy atom. The van der Waals surface area contributed by atoms with Gasteiger partial charge in [0, 0.05) is 36.3 Å². The molecule has 0 N–H and O–H groups in total. The van der Waals surface area contributed by atoms with Gasteiger partial charge in [-0.2, -0.15) is 0 Å². The molecule has 1 saturated heterocycles. The monoisotopic (exact) mass is 643 g/mol. The Bertz CT molecular complexity index is 1660. The number of ether oxygens (including phenoxy) is 2. The van der Waals surface area contributed by atoms with Gasteiger partial charge in [-0.1, -0.05) is 48.0 Å². The molecule has 228 valence electrons. The van der Waals surface area contributed by atoms with Crippen molar-refractivity contribution in [1.82, 2.24) is 9.88 Å². The number of methoxy groups -OCH3 is 1. The molecule has 11 heteroatoms. The fourth-order valence-corrected chi connectivity index (χ4v) is 7.99. The minimum atomic E-state index is -4.38. The minimum absolute atomic E-state index is 0.0340. The molecular formula is C32H35ClFN3O4S2. The van der Waals surface area contributed by atoms with E-state index in [-0.39, 0.29) is 34.1 Å². The molecule has 1 aromatic heterocycles. The lowest BCUT2D eigenvalue weighted by Gasteiger charge is -2.43. The van der Waals surface area contributed by atoms with E-state index >= 15 is 4.39 Å². The lowest BCUT2D eigenvalue weighted by Crippen LogP contribution is -2.48. The maximum atomic E-state index is 15.6. The van der Waals surface area contributed by atoms with Gasteiger partial charge in [-0.05, 0) is 68.5 Å². The average molecular weight is 644 g/mol. The lowest BCUT2D eigenvalue weighted by molar-refractivity contribution is 0.0391. The predicted molar refractivity (Wildman–Crippen MR) is 169 cm³/mol. The molecular weight excluding hydrogens is 609 g/mol. The van der Waals surface area contributed by atoms with Crippen molar-refractivity contribution in [3.8, 4) is 11.5 Å². The average Bonchev–Trinajstić information content (AvgIpc) is 3.53. The summed E-state index contributed by atoms with van der Waals surface area (Å²) in [5, 5.41) is 1.92. The number of likely N-dealkylation sites (tertiary alicyclic amines) is 1. The van der Waals surface area contributed by atoms with Gasteiger partial charge in [0.25, 0.3) is 10.0 Å². The highest BCUT2D eigenvalue weighted by atomic mass is 35.5. The van der Waals surface area contributed by atoms with Crippen LogP contribution in [0.5, 0.6) is 11.5 Å². The van der Waals surface area contributed by atoms with Crippen LogP contribution in [-0.4, -0.2) is 44.6 Å². The van der Waals surface area contributed by atoms with Crippen molar-refractivity contribution in [1.29, 1.82) is 0 Å². The SMILES string of the molecule is COc1ccc(CN(c2nccs2)S(=O)(=O)c2cc(Cl)c(OC3CCN(C(C)(C)c4ccccc4)CC3)cc2F)c(C)c1. The predicted octanol–water partition coefficient (Wildman–Crippen LogP) is 7.43. The summed E-state index contributed by atoms with van der Waals surface area (Å²) in [4.78, 5) is 6.09. The smallest absolute Gasteiger partial charge is 0.269 e. The third-order valence-electron chi connectivity index (χ3n) is 8.06. The largest absolute Gasteiger partial charge is 0.497 e. The molecule has 0 bridgehead atoms. The molecule has 1 aliphatic heterocycles. The molecule has 5 rings (SSSR count). The van der Waals surface area contributed by atoms with E-state index in [4.69, 9.17) is 21.1 Å². The molecule has 3 aromatic carbocycles. The number of nitrogens with zero attached hydrogens (tertiary/aromatic N) is 3. The van der Waals surface area contributed by atoms with E-state index in [0.29, 0.717) is 5.75 Å². The highest BCUT2D eigenvalue weighted by Crippen LogP contribution is 2.37. The van der Waals surface area contributed by atoms with E-state index in [0.717, 1.165) is 64.8 Å². The van der Waals surface area contributed by atoms with Crippen LogP contribution in [0.2, 0.25) is 5.02 Å². The number of hydrogen-bond donors (Lipinski definition) is 0. The van der Waals surface area contributed by atoms with E-state index in [1.807, 2.05) is 31.2 Å². The molecule has 0 spiro atoms. The standard InChI is InChI=1S/C32H35ClFN3O4S2/c1-22-18-26(40-4)11-10-23(22)21-37(31-35-14-17-42-31)43(38,39)30-19-27(33)29(20-28(30)34)41-25-12-15-36(16-13-25)32(2,3)24-8-6-5-7-9-24/h5-11,14,17-20,25H,12-13,15-16,21H2,1-4H3. The van der Waals surface area contributed by atoms with Crippen LogP contribution in [0.1, 0.15) is 43.4 Å². The Balaban J connectivity index is 1.34. The maximum Gasteiger partial charge on any atom is 0.269 e. The topological polar surface area (TPSA) is 72.0 Å². The fourth-order valence-electron chi connectivity index (χ4n) is 5.38. The number of aromatic nitrogens is 1. The van der Waals surface area contributed by atoms with Gasteiger partial charge in [-0.25, -0.2) is 22.1 Å². The van der Waals surface area contributed by atoms with Crippen molar-refractivity contribution in [3.63, 3.8) is 0 Å². The molecule has 0 atom stereocenters. The third-order valence-corrected chi connectivity index (χ3v) is 11.0. The van der Waals surface area contributed by atoms with Crippen molar-refractivity contribution < 1.29 is 22.3 Å². The highest BCUT2D eigenvalue weighted by Gasteiger charge is 2.34. The summed E-state index contributed by atoms with van der Waals surface area (Å²) in [6, 6.07) is 17.9. The Kier molecular flexibility index (Phi) is 9.31. The molecule has 2 heterocycles. The Morgan fingerprint density at radius 3 is 2.47 bits per heavy atom. The maximum absolute atomic E-state index is 15.6. The first-order valence-electron chi connectivity index (χ1n) is 14.0. The molecule has 1 aliphatic rings. The van der Waals surface area contributed by atoms with E-state index < -0.39 is 20.7 Å². The number of hydrogen-bond acceptors (Lipinski definition) is 7. The van der Waals surface area contributed by atoms with Crippen molar-refractivity contribution in [2.45, 2.75) is 56.7 Å². The zero-order chi connectivity index (χ0) is 30.8. The number of aryl methyl sites for hydroxylation is 1.